The van der Waals surface area contributed by atoms with Gasteiger partial charge in [0.1, 0.15) is 11.5 Å². The molecule has 0 aliphatic rings. The molecule has 0 radical (unpaired) electrons. The van der Waals surface area contributed by atoms with Crippen LogP contribution in [0.2, 0.25) is 0 Å². The van der Waals surface area contributed by atoms with Gasteiger partial charge in [-0.25, -0.2) is 0 Å². The molecule has 9 heteroatoms. The van der Waals surface area contributed by atoms with Gasteiger partial charge in [0.2, 0.25) is 0 Å². The Morgan fingerprint density at radius 2 is 1.31 bits per heavy atom. The number of hydrogen-bond acceptors (Lipinski definition) is 9. The first-order valence-electron chi connectivity index (χ1n) is 12.9. The van der Waals surface area contributed by atoms with E-state index in [0.29, 0.717) is 64.7 Å². The number of methoxy groups -OCH3 is 1. The summed E-state index contributed by atoms with van der Waals surface area (Å²) in [6.07, 6.45) is 5.30. The summed E-state index contributed by atoms with van der Waals surface area (Å²) in [6, 6.07) is 5.75. The van der Waals surface area contributed by atoms with E-state index in [9.17, 15) is 9.59 Å². The van der Waals surface area contributed by atoms with Crippen LogP contribution in [0, 0.1) is 6.92 Å². The summed E-state index contributed by atoms with van der Waals surface area (Å²) in [5, 5.41) is 0.272. The molecule has 0 saturated carbocycles. The number of carbonyl (C=O) groups is 2. The summed E-state index contributed by atoms with van der Waals surface area (Å²) in [4.78, 5) is 24.0. The van der Waals surface area contributed by atoms with Crippen molar-refractivity contribution in [1.29, 1.82) is 0 Å². The minimum atomic E-state index is 0.132. The molecule has 1 rings (SSSR count). The van der Waals surface area contributed by atoms with Crippen molar-refractivity contribution in [1.82, 2.24) is 0 Å². The largest absolute Gasteiger partial charge is 0.496 e. The van der Waals surface area contributed by atoms with Crippen LogP contribution in [0.1, 0.15) is 57.4 Å². The molecule has 0 atom stereocenters. The molecule has 0 fully saturated rings. The zero-order valence-electron chi connectivity index (χ0n) is 22.2. The van der Waals surface area contributed by atoms with Crippen molar-refractivity contribution in [3.05, 3.63) is 23.8 Å². The van der Waals surface area contributed by atoms with Crippen LogP contribution in [0.15, 0.2) is 18.2 Å². The van der Waals surface area contributed by atoms with Crippen LogP contribution in [-0.2, 0) is 23.8 Å². The Balaban J connectivity index is 1.88. The van der Waals surface area contributed by atoms with Gasteiger partial charge < -0.3 is 23.7 Å². The average Bonchev–Trinajstić information content (AvgIpc) is 2.87. The summed E-state index contributed by atoms with van der Waals surface area (Å²) in [6.45, 7) is 8.42. The fourth-order valence-corrected chi connectivity index (χ4v) is 4.54. The van der Waals surface area contributed by atoms with Gasteiger partial charge in [0.25, 0.3) is 0 Å². The molecule has 36 heavy (non-hydrogen) atoms. The van der Waals surface area contributed by atoms with Gasteiger partial charge in [-0.3, -0.25) is 9.59 Å². The molecule has 0 heterocycles. The number of unbranched alkanes of at least 4 members (excludes halogenated alkanes) is 1. The van der Waals surface area contributed by atoms with Crippen LogP contribution < -0.4 is 9.47 Å². The van der Waals surface area contributed by atoms with Crippen LogP contribution in [0.25, 0.3) is 0 Å². The Kier molecular flexibility index (Phi) is 20.8. The van der Waals surface area contributed by atoms with Crippen LogP contribution >= 0.6 is 23.5 Å². The van der Waals surface area contributed by atoms with Gasteiger partial charge in [0.15, 0.2) is 10.2 Å². The van der Waals surface area contributed by atoms with E-state index in [0.717, 1.165) is 55.1 Å². The molecule has 0 unspecified atom stereocenters. The fourth-order valence-electron chi connectivity index (χ4n) is 2.98. The lowest BCUT2D eigenvalue weighted by molar-refractivity contribution is -0.112. The molecule has 1 aromatic carbocycles. The summed E-state index contributed by atoms with van der Waals surface area (Å²) in [5.74, 6) is 3.02. The summed E-state index contributed by atoms with van der Waals surface area (Å²) in [7, 11) is 1.64. The zero-order chi connectivity index (χ0) is 26.3. The second-order valence-electron chi connectivity index (χ2n) is 8.17. The summed E-state index contributed by atoms with van der Waals surface area (Å²) >= 11 is 2.64. The predicted molar refractivity (Wildman–Crippen MR) is 149 cm³/mol. The Morgan fingerprint density at radius 3 is 1.89 bits per heavy atom. The second kappa shape index (κ2) is 22.9. The SMILES string of the molecule is CCCCOCCOCCOCCCSC(=O)CCCC(=O)SCCCOc1ccc(C)c(OC)c1. The highest BCUT2D eigenvalue weighted by atomic mass is 32.2. The maximum atomic E-state index is 12.0. The number of carbonyl (C=O) groups excluding carboxylic acids is 2. The average molecular weight is 545 g/mol. The van der Waals surface area contributed by atoms with E-state index in [1.54, 1.807) is 7.11 Å². The molecule has 1 aromatic rings. The Bertz CT molecular complexity index is 715. The van der Waals surface area contributed by atoms with E-state index in [4.69, 9.17) is 23.7 Å². The number of thioether (sulfide) groups is 2. The molecule has 0 N–H and O–H groups in total. The number of rotatable bonds is 23. The fraction of sp³-hybridized carbons (Fsp3) is 0.704. The van der Waals surface area contributed by atoms with E-state index in [2.05, 4.69) is 6.92 Å². The van der Waals surface area contributed by atoms with Crippen molar-refractivity contribution in [2.75, 3.05) is 64.9 Å². The van der Waals surface area contributed by atoms with Crippen molar-refractivity contribution in [3.63, 3.8) is 0 Å². The number of ether oxygens (including phenoxy) is 5. The quantitative estimate of drug-likeness (QED) is 0.161. The lowest BCUT2D eigenvalue weighted by Crippen LogP contribution is -2.10. The normalized spacial score (nSPS) is 11.0. The van der Waals surface area contributed by atoms with Gasteiger partial charge in [0.05, 0.1) is 40.1 Å². The van der Waals surface area contributed by atoms with E-state index in [1.807, 2.05) is 25.1 Å². The van der Waals surface area contributed by atoms with Gasteiger partial charge in [-0.05, 0) is 44.2 Å². The maximum Gasteiger partial charge on any atom is 0.188 e. The minimum Gasteiger partial charge on any atom is -0.496 e. The predicted octanol–water partition coefficient (Wildman–Crippen LogP) is 5.70. The van der Waals surface area contributed by atoms with Gasteiger partial charge in [-0.2, -0.15) is 0 Å². The molecule has 0 aromatic heterocycles. The zero-order valence-corrected chi connectivity index (χ0v) is 23.9. The standard InChI is InChI=1S/C27H44O7S2/c1-4-5-13-31-16-18-33-19-17-32-14-7-20-35-26(28)9-6-10-27(29)36-21-8-15-34-24-12-11-23(2)25(22-24)30-3/h11-12,22H,4-10,13-21H2,1-3H3. The molecule has 0 amide bonds. The topological polar surface area (TPSA) is 80.3 Å². The lowest BCUT2D eigenvalue weighted by Gasteiger charge is -2.09. The van der Waals surface area contributed by atoms with E-state index >= 15 is 0 Å². The van der Waals surface area contributed by atoms with Crippen molar-refractivity contribution in [2.45, 2.75) is 58.8 Å². The summed E-state index contributed by atoms with van der Waals surface area (Å²) < 4.78 is 27.4. The Morgan fingerprint density at radius 1 is 0.750 bits per heavy atom. The molecule has 0 spiro atoms. The van der Waals surface area contributed by atoms with E-state index in [1.165, 1.54) is 23.5 Å². The first kappa shape index (κ1) is 32.8. The number of aryl methyl sites for hydroxylation is 1. The first-order chi connectivity index (χ1) is 17.6. The van der Waals surface area contributed by atoms with Gasteiger partial charge in [-0.1, -0.05) is 42.9 Å². The Hall–Kier alpha value is -1.26. The van der Waals surface area contributed by atoms with Crippen LogP contribution in [0.3, 0.4) is 0 Å². The second-order valence-corrected chi connectivity index (χ2v) is 10.5. The minimum absolute atomic E-state index is 0.132. The Labute approximate surface area is 225 Å². The van der Waals surface area contributed by atoms with Crippen molar-refractivity contribution >= 4 is 33.8 Å². The monoisotopic (exact) mass is 544 g/mol. The molecule has 0 saturated heterocycles. The third-order valence-electron chi connectivity index (χ3n) is 5.04. The maximum absolute atomic E-state index is 12.0. The van der Waals surface area contributed by atoms with Crippen LogP contribution in [0.4, 0.5) is 0 Å². The van der Waals surface area contributed by atoms with Crippen molar-refractivity contribution in [3.8, 4) is 11.5 Å². The highest BCUT2D eigenvalue weighted by molar-refractivity contribution is 8.13. The molecule has 7 nitrogen and oxygen atoms in total. The van der Waals surface area contributed by atoms with Gasteiger partial charge in [0, 0.05) is 43.6 Å². The molecule has 206 valence electrons. The molecule has 0 aliphatic heterocycles. The first-order valence-corrected chi connectivity index (χ1v) is 14.9. The summed E-state index contributed by atoms with van der Waals surface area (Å²) in [5.41, 5.74) is 1.06. The van der Waals surface area contributed by atoms with Crippen molar-refractivity contribution in [2.24, 2.45) is 0 Å². The van der Waals surface area contributed by atoms with E-state index in [-0.39, 0.29) is 10.2 Å². The number of hydrogen-bond donors (Lipinski definition) is 0. The highest BCUT2D eigenvalue weighted by Crippen LogP contribution is 2.24. The molecular formula is C27H44O7S2. The third kappa shape index (κ3) is 18.1. The molecular weight excluding hydrogens is 500 g/mol. The van der Waals surface area contributed by atoms with E-state index < -0.39 is 0 Å². The lowest BCUT2D eigenvalue weighted by atomic mass is 10.2. The number of benzene rings is 1. The van der Waals surface area contributed by atoms with Gasteiger partial charge in [-0.15, -0.1) is 0 Å². The molecule has 0 aliphatic carbocycles. The highest BCUT2D eigenvalue weighted by Gasteiger charge is 2.07. The third-order valence-corrected chi connectivity index (χ3v) is 7.08. The molecule has 0 bridgehead atoms. The van der Waals surface area contributed by atoms with Crippen LogP contribution in [-0.4, -0.2) is 75.1 Å². The van der Waals surface area contributed by atoms with Crippen molar-refractivity contribution < 1.29 is 33.3 Å². The van der Waals surface area contributed by atoms with Crippen LogP contribution in [0.5, 0.6) is 11.5 Å². The van der Waals surface area contributed by atoms with Gasteiger partial charge >= 0.3 is 0 Å². The smallest absolute Gasteiger partial charge is 0.188 e.